The van der Waals surface area contributed by atoms with Gasteiger partial charge in [0.05, 0.1) is 21.3 Å². The van der Waals surface area contributed by atoms with Crippen molar-refractivity contribution >= 4 is 38.9 Å². The van der Waals surface area contributed by atoms with Gasteiger partial charge in [0, 0.05) is 6.54 Å². The second-order valence-corrected chi connectivity index (χ2v) is 8.44. The summed E-state index contributed by atoms with van der Waals surface area (Å²) < 4.78 is 65.3. The van der Waals surface area contributed by atoms with E-state index >= 15 is 0 Å². The molecule has 0 radical (unpaired) electrons. The summed E-state index contributed by atoms with van der Waals surface area (Å²) in [4.78, 5) is 11.6. The van der Waals surface area contributed by atoms with E-state index in [0.29, 0.717) is 12.6 Å². The van der Waals surface area contributed by atoms with E-state index in [1.807, 2.05) is 5.32 Å². The molecule has 6 nitrogen and oxygen atoms in total. The molecule has 1 unspecified atom stereocenters. The van der Waals surface area contributed by atoms with Crippen LogP contribution in [0.25, 0.3) is 0 Å². The first-order valence-corrected chi connectivity index (χ1v) is 10.1. The molecule has 2 aromatic carbocycles. The summed E-state index contributed by atoms with van der Waals surface area (Å²) in [7, 11) is -4.02. The van der Waals surface area contributed by atoms with Crippen molar-refractivity contribution in [3.05, 3.63) is 53.6 Å². The second kappa shape index (κ2) is 8.21. The van der Waals surface area contributed by atoms with E-state index in [-0.39, 0.29) is 22.2 Å². The fraction of sp³-hybridized carbons (Fsp3) is 0.278. The van der Waals surface area contributed by atoms with Gasteiger partial charge in [0.2, 0.25) is 5.60 Å². The van der Waals surface area contributed by atoms with Crippen LogP contribution in [-0.2, 0) is 14.8 Å². The molecule has 1 atom stereocenters. The topological polar surface area (TPSA) is 86.7 Å². The van der Waals surface area contributed by atoms with Crippen LogP contribution in [0, 0.1) is 0 Å². The number of benzene rings is 2. The average molecular weight is 451 g/mol. The third-order valence-corrected chi connectivity index (χ3v) is 6.31. The van der Waals surface area contributed by atoms with Crippen LogP contribution >= 0.6 is 11.6 Å². The predicted molar refractivity (Wildman–Crippen MR) is 103 cm³/mol. The molecule has 0 bridgehead atoms. The molecule has 11 heteroatoms. The van der Waals surface area contributed by atoms with Gasteiger partial charge in [-0.15, -0.1) is 0 Å². The number of hydrogen-bond donors (Lipinski definition) is 2. The minimum atomic E-state index is -5.20. The fourth-order valence-electron chi connectivity index (χ4n) is 2.34. The lowest BCUT2D eigenvalue weighted by molar-refractivity contribution is -0.242. The molecule has 0 saturated carbocycles. The van der Waals surface area contributed by atoms with Gasteiger partial charge in [-0.2, -0.15) is 13.2 Å². The van der Waals surface area contributed by atoms with E-state index in [2.05, 4.69) is 0 Å². The Labute approximate surface area is 171 Å². The highest BCUT2D eigenvalue weighted by Crippen LogP contribution is 2.33. The monoisotopic (exact) mass is 450 g/mol. The van der Waals surface area contributed by atoms with Crippen LogP contribution in [0.15, 0.2) is 53.4 Å². The summed E-state index contributed by atoms with van der Waals surface area (Å²) in [5.74, 6) is -1.75. The molecule has 0 aliphatic rings. The van der Waals surface area contributed by atoms with Crippen molar-refractivity contribution in [2.75, 3.05) is 16.2 Å². The number of aliphatic hydroxyl groups is 1. The van der Waals surface area contributed by atoms with Gasteiger partial charge in [0.1, 0.15) is 0 Å². The van der Waals surface area contributed by atoms with E-state index in [4.69, 9.17) is 11.6 Å². The number of nitrogens with one attached hydrogen (secondary N) is 1. The van der Waals surface area contributed by atoms with Crippen molar-refractivity contribution in [2.24, 2.45) is 0 Å². The second-order valence-electron chi connectivity index (χ2n) is 6.17. The van der Waals surface area contributed by atoms with Gasteiger partial charge >= 0.3 is 6.18 Å². The van der Waals surface area contributed by atoms with Crippen molar-refractivity contribution in [1.82, 2.24) is 0 Å². The van der Waals surface area contributed by atoms with Crippen LogP contribution in [0.4, 0.5) is 24.5 Å². The van der Waals surface area contributed by atoms with Gasteiger partial charge in [-0.25, -0.2) is 8.42 Å². The van der Waals surface area contributed by atoms with Crippen molar-refractivity contribution in [2.45, 2.75) is 30.5 Å². The van der Waals surface area contributed by atoms with Crippen molar-refractivity contribution in [1.29, 1.82) is 0 Å². The lowest BCUT2D eigenvalue weighted by Crippen LogP contribution is -2.52. The van der Waals surface area contributed by atoms with Crippen molar-refractivity contribution in [3.63, 3.8) is 0 Å². The highest BCUT2D eigenvalue weighted by Gasteiger charge is 2.55. The Morgan fingerprint density at radius 3 is 2.24 bits per heavy atom. The number of rotatable bonds is 6. The number of amides is 1. The Bertz CT molecular complexity index is 996. The molecule has 0 spiro atoms. The molecule has 0 aliphatic carbocycles. The minimum absolute atomic E-state index is 0.122. The van der Waals surface area contributed by atoms with Crippen molar-refractivity contribution < 1.29 is 31.5 Å². The Kier molecular flexibility index (Phi) is 6.51. The van der Waals surface area contributed by atoms with Gasteiger partial charge in [-0.3, -0.25) is 9.10 Å². The molecule has 0 fully saturated rings. The number of halogens is 4. The van der Waals surface area contributed by atoms with E-state index in [1.54, 1.807) is 37.3 Å². The highest BCUT2D eigenvalue weighted by molar-refractivity contribution is 7.92. The van der Waals surface area contributed by atoms with E-state index in [9.17, 15) is 31.5 Å². The van der Waals surface area contributed by atoms with Crippen LogP contribution in [-0.4, -0.2) is 37.8 Å². The van der Waals surface area contributed by atoms with E-state index in [1.165, 1.54) is 0 Å². The van der Waals surface area contributed by atoms with Crippen LogP contribution in [0.2, 0.25) is 5.02 Å². The first-order chi connectivity index (χ1) is 13.3. The van der Waals surface area contributed by atoms with Gasteiger partial charge < -0.3 is 10.4 Å². The molecule has 2 aromatic rings. The number of carbonyl (C=O) groups is 1. The van der Waals surface area contributed by atoms with E-state index < -0.39 is 27.7 Å². The summed E-state index contributed by atoms with van der Waals surface area (Å²) >= 11 is 5.98. The quantitative estimate of drug-likeness (QED) is 0.700. The molecule has 0 aliphatic heterocycles. The number of anilines is 2. The molecular formula is C18H18ClF3N2O4S. The summed E-state index contributed by atoms with van der Waals surface area (Å²) in [6.45, 7) is 2.06. The molecule has 158 valence electrons. The number of carbonyl (C=O) groups excluding carboxylic acids is 1. The van der Waals surface area contributed by atoms with Crippen LogP contribution in [0.5, 0.6) is 0 Å². The number of hydrogen-bond acceptors (Lipinski definition) is 4. The van der Waals surface area contributed by atoms with E-state index in [0.717, 1.165) is 22.5 Å². The highest BCUT2D eigenvalue weighted by atomic mass is 35.5. The Balaban J connectivity index is 2.35. The zero-order valence-corrected chi connectivity index (χ0v) is 16.9. The summed E-state index contributed by atoms with van der Waals surface area (Å²) in [5, 5.41) is 11.0. The largest absolute Gasteiger partial charge is 0.426 e. The normalized spacial score (nSPS) is 14.2. The number of alkyl halides is 3. The van der Waals surface area contributed by atoms with Crippen LogP contribution in [0.3, 0.4) is 0 Å². The third kappa shape index (κ3) is 4.65. The fourth-order valence-corrected chi connectivity index (χ4v) is 4.14. The molecule has 1 amide bonds. The lowest BCUT2D eigenvalue weighted by atomic mass is 10.1. The SMILES string of the molecule is CCN(c1ccccc1)S(=O)(=O)c1ccc(NC(=O)C(C)(O)C(F)(F)F)c(Cl)c1. The molecule has 2 rings (SSSR count). The maximum absolute atomic E-state index is 12.9. The summed E-state index contributed by atoms with van der Waals surface area (Å²) in [5.41, 5.74) is -3.50. The Morgan fingerprint density at radius 1 is 1.17 bits per heavy atom. The minimum Gasteiger partial charge on any atom is -0.373 e. The lowest BCUT2D eigenvalue weighted by Gasteiger charge is -2.25. The first-order valence-electron chi connectivity index (χ1n) is 8.30. The average Bonchev–Trinajstić information content (AvgIpc) is 2.63. The Hall–Kier alpha value is -2.30. The Morgan fingerprint density at radius 2 is 1.76 bits per heavy atom. The zero-order valence-electron chi connectivity index (χ0n) is 15.4. The van der Waals surface area contributed by atoms with Crippen molar-refractivity contribution in [3.8, 4) is 0 Å². The number of para-hydroxylation sites is 1. The summed E-state index contributed by atoms with van der Waals surface area (Å²) in [6.07, 6.45) is -5.20. The molecule has 0 aromatic heterocycles. The van der Waals surface area contributed by atoms with Gasteiger partial charge in [-0.1, -0.05) is 29.8 Å². The van der Waals surface area contributed by atoms with Crippen LogP contribution < -0.4 is 9.62 Å². The maximum atomic E-state index is 12.9. The first kappa shape index (κ1) is 23.0. The molecular weight excluding hydrogens is 433 g/mol. The predicted octanol–water partition coefficient (Wildman–Crippen LogP) is 3.81. The number of sulfonamides is 1. The zero-order chi connectivity index (χ0) is 22.0. The molecule has 29 heavy (non-hydrogen) atoms. The molecule has 0 heterocycles. The van der Waals surface area contributed by atoms with Gasteiger partial charge in [-0.05, 0) is 44.2 Å². The summed E-state index contributed by atoms with van der Waals surface area (Å²) in [6, 6.07) is 11.5. The van der Waals surface area contributed by atoms with Gasteiger partial charge in [0.25, 0.3) is 15.9 Å². The standard InChI is InChI=1S/C18H18ClF3N2O4S/c1-3-24(12-7-5-4-6-8-12)29(27,28)13-9-10-15(14(19)11-13)23-16(25)17(2,26)18(20,21)22/h4-11,26H,3H2,1-2H3,(H,23,25). The maximum Gasteiger partial charge on any atom is 0.426 e. The van der Waals surface area contributed by atoms with Crippen LogP contribution in [0.1, 0.15) is 13.8 Å². The molecule has 2 N–H and O–H groups in total. The molecule has 0 saturated heterocycles. The number of nitrogens with zero attached hydrogens (tertiary/aromatic N) is 1. The third-order valence-electron chi connectivity index (χ3n) is 4.10. The smallest absolute Gasteiger partial charge is 0.373 e. The van der Waals surface area contributed by atoms with Gasteiger partial charge in [0.15, 0.2) is 0 Å².